The second kappa shape index (κ2) is 5.45. The third-order valence-corrected chi connectivity index (χ3v) is 3.76. The van der Waals surface area contributed by atoms with E-state index in [0.29, 0.717) is 0 Å². The van der Waals surface area contributed by atoms with Gasteiger partial charge in [0.2, 0.25) is 11.8 Å². The summed E-state index contributed by atoms with van der Waals surface area (Å²) in [6, 6.07) is 7.21. The summed E-state index contributed by atoms with van der Waals surface area (Å²) >= 11 is 0. The van der Waals surface area contributed by atoms with Crippen LogP contribution in [-0.4, -0.2) is 30.6 Å². The first kappa shape index (κ1) is 12.8. The maximum atomic E-state index is 12.0. The molecule has 2 aliphatic rings. The van der Waals surface area contributed by atoms with Gasteiger partial charge in [-0.25, -0.2) is 0 Å². The third kappa shape index (κ3) is 2.43. The second-order valence-electron chi connectivity index (χ2n) is 5.15. The molecule has 1 aromatic rings. The summed E-state index contributed by atoms with van der Waals surface area (Å²) in [5.41, 5.74) is 1.76. The van der Waals surface area contributed by atoms with Crippen LogP contribution >= 0.6 is 0 Å². The molecular formula is C15H17N3O2. The third-order valence-electron chi connectivity index (χ3n) is 3.76. The molecule has 5 heteroatoms. The molecule has 2 N–H and O–H groups in total. The first-order chi connectivity index (χ1) is 9.75. The van der Waals surface area contributed by atoms with E-state index in [4.69, 9.17) is 0 Å². The second-order valence-corrected chi connectivity index (χ2v) is 5.15. The number of rotatable bonds is 2. The molecule has 1 saturated heterocycles. The molecule has 0 aromatic heterocycles. The Kier molecular flexibility index (Phi) is 3.50. The van der Waals surface area contributed by atoms with Gasteiger partial charge >= 0.3 is 0 Å². The van der Waals surface area contributed by atoms with E-state index in [2.05, 4.69) is 15.6 Å². The lowest BCUT2D eigenvalue weighted by Gasteiger charge is -2.08. The molecule has 0 unspecified atom stereocenters. The number of carbonyl (C=O) groups is 2. The van der Waals surface area contributed by atoms with Gasteiger partial charge in [0.1, 0.15) is 12.0 Å². The highest BCUT2D eigenvalue weighted by Gasteiger charge is 2.29. The topological polar surface area (TPSA) is 70.6 Å². The van der Waals surface area contributed by atoms with Crippen molar-refractivity contribution in [3.63, 3.8) is 0 Å². The van der Waals surface area contributed by atoms with Gasteiger partial charge in [-0.1, -0.05) is 18.2 Å². The molecule has 0 spiro atoms. The number of anilines is 1. The molecule has 3 rings (SSSR count). The normalized spacial score (nSPS) is 26.0. The van der Waals surface area contributed by atoms with Crippen molar-refractivity contribution in [3.05, 3.63) is 29.8 Å². The molecule has 5 nitrogen and oxygen atoms in total. The van der Waals surface area contributed by atoms with Gasteiger partial charge in [0, 0.05) is 18.4 Å². The molecule has 2 heterocycles. The number of para-hydroxylation sites is 1. The fourth-order valence-electron chi connectivity index (χ4n) is 2.64. The first-order valence-electron chi connectivity index (χ1n) is 6.96. The summed E-state index contributed by atoms with van der Waals surface area (Å²) in [5.74, 6) is -0.503. The summed E-state index contributed by atoms with van der Waals surface area (Å²) in [4.78, 5) is 28.1. The van der Waals surface area contributed by atoms with E-state index < -0.39 is 0 Å². The molecule has 0 bridgehead atoms. The number of hydrogen-bond acceptors (Lipinski definition) is 3. The van der Waals surface area contributed by atoms with Crippen molar-refractivity contribution in [3.8, 4) is 0 Å². The maximum absolute atomic E-state index is 12.0. The predicted molar refractivity (Wildman–Crippen MR) is 77.0 cm³/mol. The van der Waals surface area contributed by atoms with Crippen LogP contribution in [0.3, 0.4) is 0 Å². The van der Waals surface area contributed by atoms with Crippen LogP contribution in [0.5, 0.6) is 0 Å². The largest absolute Gasteiger partial charge is 0.354 e. The summed E-state index contributed by atoms with van der Waals surface area (Å²) in [7, 11) is 0. The van der Waals surface area contributed by atoms with E-state index >= 15 is 0 Å². The zero-order valence-corrected chi connectivity index (χ0v) is 11.1. The molecule has 20 heavy (non-hydrogen) atoms. The average Bonchev–Trinajstić information content (AvgIpc) is 2.62. The van der Waals surface area contributed by atoms with Gasteiger partial charge in [0.25, 0.3) is 0 Å². The van der Waals surface area contributed by atoms with Crippen LogP contribution in [0.2, 0.25) is 0 Å². The van der Waals surface area contributed by atoms with E-state index in [1.54, 1.807) is 6.21 Å². The number of carbonyl (C=O) groups excluding carboxylic acids is 2. The minimum Gasteiger partial charge on any atom is -0.354 e. The Balaban J connectivity index is 1.78. The standard InChI is InChI=1S/C15H17N3O2/c19-14-11(10-5-1-2-6-12(10)18-14)9-17-13-7-3-4-8-16-15(13)20/h1-2,5-6,9,11,13H,3-4,7-8H2,(H,16,20)(H,18,19)/t11-,13+/m0/s1. The monoisotopic (exact) mass is 271 g/mol. The quantitative estimate of drug-likeness (QED) is 0.799. The lowest BCUT2D eigenvalue weighted by Crippen LogP contribution is -2.31. The Labute approximate surface area is 117 Å². The molecule has 1 aromatic carbocycles. The Hall–Kier alpha value is -2.17. The van der Waals surface area contributed by atoms with E-state index in [-0.39, 0.29) is 23.8 Å². The summed E-state index contributed by atoms with van der Waals surface area (Å²) in [6.45, 7) is 0.720. The number of amides is 2. The molecule has 104 valence electrons. The van der Waals surface area contributed by atoms with Crippen LogP contribution in [0, 0.1) is 0 Å². The van der Waals surface area contributed by atoms with Gasteiger partial charge in [0.05, 0.1) is 0 Å². The van der Waals surface area contributed by atoms with Crippen molar-refractivity contribution in [1.82, 2.24) is 5.32 Å². The van der Waals surface area contributed by atoms with Gasteiger partial charge in [0.15, 0.2) is 0 Å². The fraction of sp³-hybridized carbons (Fsp3) is 0.400. The van der Waals surface area contributed by atoms with Gasteiger partial charge in [-0.15, -0.1) is 0 Å². The number of aliphatic imine (C=N–C) groups is 1. The summed E-state index contributed by atoms with van der Waals surface area (Å²) in [6.07, 6.45) is 4.34. The van der Waals surface area contributed by atoms with Gasteiger partial charge < -0.3 is 10.6 Å². The first-order valence-corrected chi connectivity index (χ1v) is 6.96. The number of nitrogens with zero attached hydrogens (tertiary/aromatic N) is 1. The van der Waals surface area contributed by atoms with Gasteiger partial charge in [-0.2, -0.15) is 0 Å². The molecule has 2 atom stereocenters. The van der Waals surface area contributed by atoms with E-state index in [9.17, 15) is 9.59 Å². The maximum Gasteiger partial charge on any atom is 0.244 e. The van der Waals surface area contributed by atoms with Crippen LogP contribution < -0.4 is 10.6 Å². The lowest BCUT2D eigenvalue weighted by atomic mass is 10.0. The molecule has 2 aliphatic heterocycles. The summed E-state index contributed by atoms with van der Waals surface area (Å²) in [5, 5.41) is 5.68. The lowest BCUT2D eigenvalue weighted by molar-refractivity contribution is -0.122. The highest BCUT2D eigenvalue weighted by molar-refractivity contribution is 6.12. The van der Waals surface area contributed by atoms with Crippen molar-refractivity contribution >= 4 is 23.7 Å². The van der Waals surface area contributed by atoms with Crippen LogP contribution in [0.15, 0.2) is 29.3 Å². The van der Waals surface area contributed by atoms with Crippen LogP contribution in [0.1, 0.15) is 30.7 Å². The van der Waals surface area contributed by atoms with E-state index in [1.807, 2.05) is 24.3 Å². The fourth-order valence-corrected chi connectivity index (χ4v) is 2.64. The zero-order chi connectivity index (χ0) is 13.9. The van der Waals surface area contributed by atoms with Crippen molar-refractivity contribution in [2.45, 2.75) is 31.2 Å². The van der Waals surface area contributed by atoms with Crippen LogP contribution in [0.25, 0.3) is 0 Å². The minimum atomic E-state index is -0.387. The average molecular weight is 271 g/mol. The smallest absolute Gasteiger partial charge is 0.244 e. The zero-order valence-electron chi connectivity index (χ0n) is 11.1. The molecule has 0 saturated carbocycles. The van der Waals surface area contributed by atoms with Gasteiger partial charge in [-0.05, 0) is 30.9 Å². The Morgan fingerprint density at radius 2 is 2.00 bits per heavy atom. The molecule has 1 fully saturated rings. The molecule has 0 aliphatic carbocycles. The van der Waals surface area contributed by atoms with Crippen LogP contribution in [-0.2, 0) is 9.59 Å². The predicted octanol–water partition coefficient (Wildman–Crippen LogP) is 1.46. The Bertz CT molecular complexity index is 568. The van der Waals surface area contributed by atoms with E-state index in [0.717, 1.165) is 37.1 Å². The van der Waals surface area contributed by atoms with Gasteiger partial charge in [-0.3, -0.25) is 14.6 Å². The number of nitrogens with one attached hydrogen (secondary N) is 2. The number of fused-ring (bicyclic) bond motifs is 1. The molecule has 0 radical (unpaired) electrons. The summed E-state index contributed by atoms with van der Waals surface area (Å²) < 4.78 is 0. The van der Waals surface area contributed by atoms with Crippen molar-refractivity contribution in [2.24, 2.45) is 4.99 Å². The van der Waals surface area contributed by atoms with Crippen molar-refractivity contribution in [1.29, 1.82) is 0 Å². The highest BCUT2D eigenvalue weighted by Crippen LogP contribution is 2.30. The Morgan fingerprint density at radius 1 is 1.15 bits per heavy atom. The van der Waals surface area contributed by atoms with E-state index in [1.165, 1.54) is 0 Å². The highest BCUT2D eigenvalue weighted by atomic mass is 16.2. The van der Waals surface area contributed by atoms with Crippen LogP contribution in [0.4, 0.5) is 5.69 Å². The number of hydrogen-bond donors (Lipinski definition) is 2. The SMILES string of the molecule is O=C1Nc2ccccc2[C@@H]1C=N[C@@H]1CCCCNC1=O. The Morgan fingerprint density at radius 3 is 2.90 bits per heavy atom. The molecule has 2 amide bonds. The molecular weight excluding hydrogens is 254 g/mol. The minimum absolute atomic E-state index is 0.0366. The van der Waals surface area contributed by atoms with Crippen molar-refractivity contribution < 1.29 is 9.59 Å². The number of benzene rings is 1. The van der Waals surface area contributed by atoms with Crippen molar-refractivity contribution in [2.75, 3.05) is 11.9 Å².